The van der Waals surface area contributed by atoms with Crippen LogP contribution in [0.1, 0.15) is 49.1 Å². The molecule has 0 amide bonds. The largest absolute Gasteiger partial charge is 0.300 e. The van der Waals surface area contributed by atoms with Crippen molar-refractivity contribution in [2.45, 2.75) is 61.9 Å². The van der Waals surface area contributed by atoms with E-state index in [0.29, 0.717) is 16.9 Å². The lowest BCUT2D eigenvalue weighted by atomic mass is 9.89. The highest BCUT2D eigenvalue weighted by molar-refractivity contribution is 7.89. The van der Waals surface area contributed by atoms with Gasteiger partial charge in [-0.05, 0) is 81.3 Å². The first-order valence-corrected chi connectivity index (χ1v) is 12.2. The summed E-state index contributed by atoms with van der Waals surface area (Å²) in [5.74, 6) is 0.661. The molecule has 0 unspecified atom stereocenters. The van der Waals surface area contributed by atoms with Crippen molar-refractivity contribution in [1.29, 1.82) is 0 Å². The highest BCUT2D eigenvalue weighted by atomic mass is 32.2. The monoisotopic (exact) mass is 412 g/mol. The van der Waals surface area contributed by atoms with Crippen LogP contribution in [0.4, 0.5) is 0 Å². The first-order chi connectivity index (χ1) is 13.9. The first-order valence-electron chi connectivity index (χ1n) is 10.8. The fourth-order valence-electron chi connectivity index (χ4n) is 5.06. The van der Waals surface area contributed by atoms with Crippen LogP contribution in [0.2, 0.25) is 0 Å². The van der Waals surface area contributed by atoms with Crippen molar-refractivity contribution in [1.82, 2.24) is 9.21 Å². The Morgan fingerprint density at radius 1 is 0.931 bits per heavy atom. The summed E-state index contributed by atoms with van der Waals surface area (Å²) in [5.41, 5.74) is 2.44. The zero-order chi connectivity index (χ0) is 20.4. The van der Waals surface area contributed by atoms with E-state index in [0.717, 1.165) is 37.9 Å². The standard InChI is InChI=1S/C24H32N2O2S/c1-19-7-6-10-24(17-19)29(27,28)25(2)22-11-12-23(18-22)26-15-13-21(14-16-26)20-8-4-3-5-9-20/h3-10,17,21-23H,11-16,18H2,1-2H3/t22-,23+/m1/s1. The van der Waals surface area contributed by atoms with Gasteiger partial charge in [0.15, 0.2) is 0 Å². The van der Waals surface area contributed by atoms with Crippen molar-refractivity contribution in [2.24, 2.45) is 0 Å². The van der Waals surface area contributed by atoms with Crippen LogP contribution in [-0.4, -0.2) is 49.8 Å². The molecular weight excluding hydrogens is 380 g/mol. The Labute approximate surface area is 175 Å². The molecular formula is C24H32N2O2S. The van der Waals surface area contributed by atoms with E-state index >= 15 is 0 Å². The van der Waals surface area contributed by atoms with Crippen LogP contribution in [0, 0.1) is 6.92 Å². The van der Waals surface area contributed by atoms with Crippen LogP contribution >= 0.6 is 0 Å². The number of piperidine rings is 1. The molecule has 1 aliphatic carbocycles. The van der Waals surface area contributed by atoms with E-state index in [4.69, 9.17) is 0 Å². The molecule has 2 fully saturated rings. The molecule has 2 aromatic rings. The zero-order valence-electron chi connectivity index (χ0n) is 17.5. The second-order valence-electron chi connectivity index (χ2n) is 8.68. The van der Waals surface area contributed by atoms with E-state index < -0.39 is 10.0 Å². The zero-order valence-corrected chi connectivity index (χ0v) is 18.3. The Hall–Kier alpha value is -1.69. The quantitative estimate of drug-likeness (QED) is 0.730. The van der Waals surface area contributed by atoms with Gasteiger partial charge < -0.3 is 4.90 Å². The van der Waals surface area contributed by atoms with Crippen LogP contribution < -0.4 is 0 Å². The van der Waals surface area contributed by atoms with Gasteiger partial charge in [-0.15, -0.1) is 0 Å². The van der Waals surface area contributed by atoms with E-state index in [9.17, 15) is 8.42 Å². The lowest BCUT2D eigenvalue weighted by Gasteiger charge is -2.36. The number of aryl methyl sites for hydroxylation is 1. The van der Waals surface area contributed by atoms with E-state index in [-0.39, 0.29) is 6.04 Å². The van der Waals surface area contributed by atoms with E-state index in [1.807, 2.05) is 19.1 Å². The predicted molar refractivity (Wildman–Crippen MR) is 118 cm³/mol. The average Bonchev–Trinajstić information content (AvgIpc) is 3.24. The summed E-state index contributed by atoms with van der Waals surface area (Å²) < 4.78 is 27.8. The Balaban J connectivity index is 1.36. The van der Waals surface area contributed by atoms with Crippen LogP contribution in [0.15, 0.2) is 59.5 Å². The van der Waals surface area contributed by atoms with Crippen molar-refractivity contribution < 1.29 is 8.42 Å². The molecule has 29 heavy (non-hydrogen) atoms. The molecule has 5 heteroatoms. The fourth-order valence-corrected chi connectivity index (χ4v) is 6.56. The molecule has 4 rings (SSSR count). The molecule has 1 heterocycles. The molecule has 0 aromatic heterocycles. The third-order valence-electron chi connectivity index (χ3n) is 6.87. The van der Waals surface area contributed by atoms with Gasteiger partial charge in [-0.25, -0.2) is 8.42 Å². The Morgan fingerprint density at radius 3 is 2.34 bits per heavy atom. The molecule has 0 spiro atoms. The van der Waals surface area contributed by atoms with Gasteiger partial charge in [0.25, 0.3) is 0 Å². The average molecular weight is 413 g/mol. The highest BCUT2D eigenvalue weighted by Gasteiger charge is 2.37. The number of sulfonamides is 1. The number of rotatable bonds is 5. The lowest BCUT2D eigenvalue weighted by Crippen LogP contribution is -2.41. The van der Waals surface area contributed by atoms with E-state index in [1.165, 1.54) is 18.4 Å². The van der Waals surface area contributed by atoms with Crippen molar-refractivity contribution in [3.8, 4) is 0 Å². The van der Waals surface area contributed by atoms with E-state index in [2.05, 4.69) is 35.2 Å². The normalized spacial score (nSPS) is 24.2. The molecule has 1 saturated heterocycles. The molecule has 156 valence electrons. The fraction of sp³-hybridized carbons (Fsp3) is 0.500. The van der Waals surface area contributed by atoms with E-state index in [1.54, 1.807) is 23.5 Å². The Morgan fingerprint density at radius 2 is 1.66 bits per heavy atom. The summed E-state index contributed by atoms with van der Waals surface area (Å²) in [6, 6.07) is 18.7. The van der Waals surface area contributed by atoms with Gasteiger partial charge in [0.2, 0.25) is 10.0 Å². The van der Waals surface area contributed by atoms with Crippen molar-refractivity contribution >= 4 is 10.0 Å². The Kier molecular flexibility index (Phi) is 6.09. The van der Waals surface area contributed by atoms with Crippen LogP contribution in [0.5, 0.6) is 0 Å². The molecule has 2 aromatic carbocycles. The lowest BCUT2D eigenvalue weighted by molar-refractivity contribution is 0.150. The van der Waals surface area contributed by atoms with Crippen LogP contribution in [0.25, 0.3) is 0 Å². The van der Waals surface area contributed by atoms with Gasteiger partial charge in [-0.2, -0.15) is 4.31 Å². The maximum absolute atomic E-state index is 13.1. The van der Waals surface area contributed by atoms with Gasteiger partial charge >= 0.3 is 0 Å². The van der Waals surface area contributed by atoms with Crippen molar-refractivity contribution in [2.75, 3.05) is 20.1 Å². The van der Waals surface area contributed by atoms with Crippen LogP contribution in [0.3, 0.4) is 0 Å². The minimum atomic E-state index is -3.43. The molecule has 4 nitrogen and oxygen atoms in total. The summed E-state index contributed by atoms with van der Waals surface area (Å²) in [5, 5.41) is 0. The molecule has 0 bridgehead atoms. The van der Waals surface area contributed by atoms with Crippen LogP contribution in [-0.2, 0) is 10.0 Å². The summed E-state index contributed by atoms with van der Waals surface area (Å²) in [7, 11) is -1.67. The molecule has 2 atom stereocenters. The third kappa shape index (κ3) is 4.42. The minimum Gasteiger partial charge on any atom is -0.300 e. The van der Waals surface area contributed by atoms with Gasteiger partial charge in [-0.3, -0.25) is 0 Å². The smallest absolute Gasteiger partial charge is 0.243 e. The number of hydrogen-bond acceptors (Lipinski definition) is 3. The van der Waals surface area contributed by atoms with Crippen molar-refractivity contribution in [3.05, 3.63) is 65.7 Å². The third-order valence-corrected chi connectivity index (χ3v) is 8.78. The number of hydrogen-bond donors (Lipinski definition) is 0. The molecule has 0 radical (unpaired) electrons. The first kappa shape index (κ1) is 20.6. The molecule has 1 aliphatic heterocycles. The highest BCUT2D eigenvalue weighted by Crippen LogP contribution is 2.35. The predicted octanol–water partition coefficient (Wildman–Crippen LogP) is 4.42. The van der Waals surface area contributed by atoms with Crippen molar-refractivity contribution in [3.63, 3.8) is 0 Å². The summed E-state index contributed by atoms with van der Waals surface area (Å²) in [4.78, 5) is 3.01. The van der Waals surface area contributed by atoms with Gasteiger partial charge in [0.05, 0.1) is 4.90 Å². The summed E-state index contributed by atoms with van der Waals surface area (Å²) in [6.07, 6.45) is 5.38. The SMILES string of the molecule is Cc1cccc(S(=O)(=O)N(C)[C@@H]2CC[C@H](N3CCC(c4ccccc4)CC3)C2)c1. The minimum absolute atomic E-state index is 0.0948. The second kappa shape index (κ2) is 8.58. The number of nitrogens with zero attached hydrogens (tertiary/aromatic N) is 2. The number of likely N-dealkylation sites (tertiary alicyclic amines) is 1. The summed E-state index contributed by atoms with van der Waals surface area (Å²) >= 11 is 0. The summed E-state index contributed by atoms with van der Waals surface area (Å²) in [6.45, 7) is 4.17. The Bertz CT molecular complexity index is 921. The van der Waals surface area contributed by atoms with Gasteiger partial charge in [0.1, 0.15) is 0 Å². The van der Waals surface area contributed by atoms with Gasteiger partial charge in [0, 0.05) is 19.1 Å². The second-order valence-corrected chi connectivity index (χ2v) is 10.7. The topological polar surface area (TPSA) is 40.6 Å². The number of benzene rings is 2. The van der Waals surface area contributed by atoms with Gasteiger partial charge in [-0.1, -0.05) is 42.5 Å². The maximum Gasteiger partial charge on any atom is 0.243 e. The molecule has 0 N–H and O–H groups in total. The maximum atomic E-state index is 13.1. The molecule has 1 saturated carbocycles. The molecule has 2 aliphatic rings.